The van der Waals surface area contributed by atoms with Crippen molar-refractivity contribution in [3.63, 3.8) is 0 Å². The van der Waals surface area contributed by atoms with E-state index in [2.05, 4.69) is 48.1 Å². The molecule has 0 spiro atoms. The number of carbonyl (C=O) groups is 1. The zero-order valence-corrected chi connectivity index (χ0v) is 17.9. The van der Waals surface area contributed by atoms with Gasteiger partial charge in [0.15, 0.2) is 0 Å². The second-order valence-electron chi connectivity index (χ2n) is 8.38. The minimum Gasteiger partial charge on any atom is -0.337 e. The Bertz CT molecular complexity index is 1100. The van der Waals surface area contributed by atoms with Crippen molar-refractivity contribution in [2.75, 3.05) is 26.7 Å². The van der Waals surface area contributed by atoms with Gasteiger partial charge in [-0.2, -0.15) is 0 Å². The molecule has 3 aromatic rings. The summed E-state index contributed by atoms with van der Waals surface area (Å²) in [6.45, 7) is 4.58. The van der Waals surface area contributed by atoms with Crippen LogP contribution in [0.3, 0.4) is 0 Å². The molecule has 3 heterocycles. The molecule has 1 amide bonds. The molecule has 0 aliphatic carbocycles. The maximum atomic E-state index is 14.1. The molecule has 2 aromatic carbocycles. The van der Waals surface area contributed by atoms with Crippen LogP contribution >= 0.6 is 12.4 Å². The Labute approximate surface area is 182 Å². The standard InChI is InChI=1S/C24H24FN3O.ClH/c1-15-6-3-4-8-18(15)23-19-14-28(13-17(19)12-27(23)2)24(29)21-11-10-16-7-5-9-20(25)22(16)26-21;/h3-11,17,19,23H,12-14H2,1-2H3;1H/t17-,19+,23+;/m0./s1. The van der Waals surface area contributed by atoms with Crippen LogP contribution in [0.25, 0.3) is 10.9 Å². The Morgan fingerprint density at radius 3 is 2.63 bits per heavy atom. The Morgan fingerprint density at radius 1 is 1.03 bits per heavy atom. The van der Waals surface area contributed by atoms with Gasteiger partial charge < -0.3 is 4.90 Å². The van der Waals surface area contributed by atoms with Crippen LogP contribution in [-0.4, -0.2) is 47.4 Å². The largest absolute Gasteiger partial charge is 0.337 e. The molecule has 2 fully saturated rings. The summed E-state index contributed by atoms with van der Waals surface area (Å²) < 4.78 is 14.1. The molecule has 6 heteroatoms. The fourth-order valence-corrected chi connectivity index (χ4v) is 5.20. The molecule has 5 rings (SSSR count). The summed E-state index contributed by atoms with van der Waals surface area (Å²) in [5.74, 6) is 0.361. The summed E-state index contributed by atoms with van der Waals surface area (Å²) in [7, 11) is 2.18. The molecule has 30 heavy (non-hydrogen) atoms. The highest BCUT2D eigenvalue weighted by Gasteiger charge is 2.47. The molecule has 0 N–H and O–H groups in total. The number of halogens is 2. The highest BCUT2D eigenvalue weighted by molar-refractivity contribution is 5.95. The minimum absolute atomic E-state index is 0. The Hall–Kier alpha value is -2.50. The van der Waals surface area contributed by atoms with Crippen LogP contribution in [0.15, 0.2) is 54.6 Å². The smallest absolute Gasteiger partial charge is 0.272 e. The molecule has 156 valence electrons. The van der Waals surface area contributed by atoms with Gasteiger partial charge in [-0.1, -0.05) is 42.5 Å². The van der Waals surface area contributed by atoms with Crippen LogP contribution in [-0.2, 0) is 0 Å². The lowest BCUT2D eigenvalue weighted by Gasteiger charge is -2.28. The number of benzene rings is 2. The van der Waals surface area contributed by atoms with E-state index in [1.54, 1.807) is 18.2 Å². The molecule has 3 atom stereocenters. The summed E-state index contributed by atoms with van der Waals surface area (Å²) >= 11 is 0. The van der Waals surface area contributed by atoms with E-state index < -0.39 is 5.82 Å². The number of fused-ring (bicyclic) bond motifs is 2. The van der Waals surface area contributed by atoms with Gasteiger partial charge >= 0.3 is 0 Å². The van der Waals surface area contributed by atoms with Crippen molar-refractivity contribution < 1.29 is 9.18 Å². The topological polar surface area (TPSA) is 36.4 Å². The van der Waals surface area contributed by atoms with E-state index >= 15 is 0 Å². The Morgan fingerprint density at radius 2 is 1.83 bits per heavy atom. The van der Waals surface area contributed by atoms with Crippen molar-refractivity contribution in [3.8, 4) is 0 Å². The first-order chi connectivity index (χ1) is 14.0. The third-order valence-corrected chi connectivity index (χ3v) is 6.58. The summed E-state index contributed by atoms with van der Waals surface area (Å²) in [4.78, 5) is 21.8. The Balaban J connectivity index is 0.00000218. The van der Waals surface area contributed by atoms with Gasteiger partial charge in [-0.15, -0.1) is 12.4 Å². The second kappa shape index (κ2) is 7.97. The number of pyridine rings is 1. The second-order valence-corrected chi connectivity index (χ2v) is 8.38. The number of likely N-dealkylation sites (tertiary alicyclic amines) is 2. The highest BCUT2D eigenvalue weighted by atomic mass is 35.5. The molecular formula is C24H25ClFN3O. The summed E-state index contributed by atoms with van der Waals surface area (Å²) in [6, 6.07) is 17.2. The van der Waals surface area contributed by atoms with E-state index in [4.69, 9.17) is 0 Å². The molecule has 0 radical (unpaired) electrons. The van der Waals surface area contributed by atoms with Crippen LogP contribution in [0.2, 0.25) is 0 Å². The van der Waals surface area contributed by atoms with Crippen LogP contribution in [0.4, 0.5) is 4.39 Å². The first-order valence-corrected chi connectivity index (χ1v) is 10.1. The fourth-order valence-electron chi connectivity index (χ4n) is 5.20. The fraction of sp³-hybridized carbons (Fsp3) is 0.333. The van der Waals surface area contributed by atoms with Crippen molar-refractivity contribution in [2.45, 2.75) is 13.0 Å². The van der Waals surface area contributed by atoms with Crippen molar-refractivity contribution in [1.29, 1.82) is 0 Å². The molecule has 0 unspecified atom stereocenters. The number of nitrogens with zero attached hydrogens (tertiary/aromatic N) is 3. The number of aromatic nitrogens is 1. The van der Waals surface area contributed by atoms with Gasteiger partial charge in [0.05, 0.1) is 0 Å². The van der Waals surface area contributed by atoms with Gasteiger partial charge in [0.2, 0.25) is 0 Å². The van der Waals surface area contributed by atoms with Gasteiger partial charge in [-0.3, -0.25) is 9.69 Å². The van der Waals surface area contributed by atoms with Gasteiger partial charge in [-0.05, 0) is 43.1 Å². The number of hydrogen-bond donors (Lipinski definition) is 0. The summed E-state index contributed by atoms with van der Waals surface area (Å²) in [5.41, 5.74) is 3.22. The number of amides is 1. The number of para-hydroxylation sites is 1. The number of hydrogen-bond acceptors (Lipinski definition) is 3. The highest BCUT2D eigenvalue weighted by Crippen LogP contribution is 2.45. The zero-order chi connectivity index (χ0) is 20.1. The maximum absolute atomic E-state index is 14.1. The first-order valence-electron chi connectivity index (χ1n) is 10.1. The molecule has 1 aromatic heterocycles. The van der Waals surface area contributed by atoms with E-state index in [9.17, 15) is 9.18 Å². The number of rotatable bonds is 2. The van der Waals surface area contributed by atoms with Crippen LogP contribution < -0.4 is 0 Å². The SMILES string of the molecule is Cc1ccccc1[C@@H]1[C@@H]2CN(C(=O)c3ccc4cccc(F)c4n3)C[C@@H]2CN1C.Cl. The first kappa shape index (κ1) is 20.8. The van der Waals surface area contributed by atoms with Gasteiger partial charge in [0.25, 0.3) is 5.91 Å². The summed E-state index contributed by atoms with van der Waals surface area (Å²) in [5, 5.41) is 0.709. The third kappa shape index (κ3) is 3.36. The predicted molar refractivity (Wildman–Crippen MR) is 118 cm³/mol. The lowest BCUT2D eigenvalue weighted by atomic mass is 9.88. The van der Waals surface area contributed by atoms with Crippen molar-refractivity contribution in [3.05, 3.63) is 77.2 Å². The van der Waals surface area contributed by atoms with E-state index in [1.165, 1.54) is 17.2 Å². The van der Waals surface area contributed by atoms with Crippen LogP contribution in [0, 0.1) is 24.6 Å². The van der Waals surface area contributed by atoms with Crippen molar-refractivity contribution in [1.82, 2.24) is 14.8 Å². The monoisotopic (exact) mass is 425 g/mol. The quantitative estimate of drug-likeness (QED) is 0.607. The van der Waals surface area contributed by atoms with Crippen molar-refractivity contribution >= 4 is 29.2 Å². The minimum atomic E-state index is -0.392. The number of aryl methyl sites for hydroxylation is 1. The predicted octanol–water partition coefficient (Wildman–Crippen LogP) is 4.48. The molecule has 2 aliphatic heterocycles. The van der Waals surface area contributed by atoms with E-state index in [0.29, 0.717) is 35.5 Å². The molecule has 0 bridgehead atoms. The lowest BCUT2D eigenvalue weighted by molar-refractivity contribution is 0.0762. The molecule has 4 nitrogen and oxygen atoms in total. The van der Waals surface area contributed by atoms with Gasteiger partial charge in [-0.25, -0.2) is 9.37 Å². The number of carbonyl (C=O) groups excluding carboxylic acids is 1. The molecular weight excluding hydrogens is 401 g/mol. The molecule has 0 saturated carbocycles. The zero-order valence-electron chi connectivity index (χ0n) is 17.1. The van der Waals surface area contributed by atoms with Crippen molar-refractivity contribution in [2.24, 2.45) is 11.8 Å². The average molecular weight is 426 g/mol. The van der Waals surface area contributed by atoms with Gasteiger partial charge in [0, 0.05) is 37.0 Å². The molecule has 2 saturated heterocycles. The van der Waals surface area contributed by atoms with E-state index in [0.717, 1.165) is 13.1 Å². The normalized spacial score (nSPS) is 23.4. The van der Waals surface area contributed by atoms with Gasteiger partial charge in [0.1, 0.15) is 17.0 Å². The van der Waals surface area contributed by atoms with E-state index in [1.807, 2.05) is 11.0 Å². The third-order valence-electron chi connectivity index (χ3n) is 6.58. The lowest BCUT2D eigenvalue weighted by Crippen LogP contribution is -2.34. The summed E-state index contributed by atoms with van der Waals surface area (Å²) in [6.07, 6.45) is 0. The Kier molecular flexibility index (Phi) is 5.51. The molecule has 2 aliphatic rings. The maximum Gasteiger partial charge on any atom is 0.272 e. The van der Waals surface area contributed by atoms with E-state index in [-0.39, 0.29) is 23.8 Å². The average Bonchev–Trinajstić information content (AvgIpc) is 3.25. The van der Waals surface area contributed by atoms with Crippen LogP contribution in [0.1, 0.15) is 27.7 Å². The van der Waals surface area contributed by atoms with Crippen LogP contribution in [0.5, 0.6) is 0 Å².